The molecule has 276 valence electrons. The summed E-state index contributed by atoms with van der Waals surface area (Å²) in [4.78, 5) is 47.6. The van der Waals surface area contributed by atoms with Crippen LogP contribution in [0.5, 0.6) is 5.75 Å². The smallest absolute Gasteiger partial charge is 0.324 e. The number of methoxy groups -OCH3 is 1. The number of hydrogen-bond donors (Lipinski definition) is 5. The standard InChI is InChI=1S/C34H37N5O11S2/c1-50-24-11-15-26(16-12-24)52(48,49)39(22-34(44)45)30-18-17-29(27-5-2-3-6-28(27)30)38(21-33(42)43)51(46,47)25-13-9-23(10-14-25)37-32(41)8-4-7-31(40)36-20-19-35/h2-3,5-6,9-18H,4,7-8,19-22,35H2,1H3,(H,36,40)(H,37,41)(H,42,43)(H,44,45). The van der Waals surface area contributed by atoms with E-state index >= 15 is 0 Å². The van der Waals surface area contributed by atoms with Gasteiger partial charge in [-0.3, -0.25) is 27.8 Å². The maximum Gasteiger partial charge on any atom is 0.324 e. The van der Waals surface area contributed by atoms with Gasteiger partial charge in [-0.2, -0.15) is 0 Å². The fourth-order valence-electron chi connectivity index (χ4n) is 5.19. The monoisotopic (exact) mass is 755 g/mol. The van der Waals surface area contributed by atoms with E-state index in [1.54, 1.807) is 0 Å². The van der Waals surface area contributed by atoms with Crippen molar-refractivity contribution in [2.45, 2.75) is 29.1 Å². The highest BCUT2D eigenvalue weighted by Gasteiger charge is 2.32. The van der Waals surface area contributed by atoms with Crippen LogP contribution in [0.4, 0.5) is 17.1 Å². The normalized spacial score (nSPS) is 11.4. The van der Waals surface area contributed by atoms with Gasteiger partial charge in [0.25, 0.3) is 20.0 Å². The van der Waals surface area contributed by atoms with Crippen LogP contribution in [0.1, 0.15) is 19.3 Å². The largest absolute Gasteiger partial charge is 0.497 e. The Bertz CT molecular complexity index is 2160. The number of nitrogens with two attached hydrogens (primary N) is 1. The van der Waals surface area contributed by atoms with Crippen molar-refractivity contribution in [2.75, 3.05) is 47.2 Å². The third kappa shape index (κ3) is 9.33. The molecule has 0 aromatic heterocycles. The Morgan fingerprint density at radius 1 is 0.692 bits per heavy atom. The number of carbonyl (C=O) groups is 4. The zero-order chi connectivity index (χ0) is 38.1. The van der Waals surface area contributed by atoms with Gasteiger partial charge in [-0.1, -0.05) is 24.3 Å². The maximum absolute atomic E-state index is 14.0. The molecular weight excluding hydrogens is 719 g/mol. The van der Waals surface area contributed by atoms with Gasteiger partial charge in [0.05, 0.1) is 28.3 Å². The molecule has 16 nitrogen and oxygen atoms in total. The van der Waals surface area contributed by atoms with Crippen LogP contribution >= 0.6 is 0 Å². The van der Waals surface area contributed by atoms with Crippen LogP contribution in [0, 0.1) is 0 Å². The first-order valence-corrected chi connectivity index (χ1v) is 18.6. The van der Waals surface area contributed by atoms with E-state index in [9.17, 15) is 46.2 Å². The molecule has 6 N–H and O–H groups in total. The quantitative estimate of drug-likeness (QED) is 0.0985. The third-order valence-corrected chi connectivity index (χ3v) is 11.2. The van der Waals surface area contributed by atoms with Gasteiger partial charge in [-0.25, -0.2) is 16.8 Å². The molecule has 0 aliphatic heterocycles. The first-order valence-electron chi connectivity index (χ1n) is 15.7. The van der Waals surface area contributed by atoms with E-state index in [4.69, 9.17) is 10.5 Å². The Morgan fingerprint density at radius 2 is 1.15 bits per heavy atom. The fraction of sp³-hybridized carbons (Fsp3) is 0.235. The number of benzene rings is 4. The molecule has 18 heteroatoms. The number of ether oxygens (including phenoxy) is 1. The summed E-state index contributed by atoms with van der Waals surface area (Å²) in [6, 6.07) is 18.7. The number of nitrogens with zero attached hydrogens (tertiary/aromatic N) is 2. The van der Waals surface area contributed by atoms with Crippen LogP contribution in [0.25, 0.3) is 10.8 Å². The number of hydrogen-bond acceptors (Lipinski definition) is 10. The van der Waals surface area contributed by atoms with Gasteiger partial charge in [0.2, 0.25) is 11.8 Å². The maximum atomic E-state index is 14.0. The summed E-state index contributed by atoms with van der Waals surface area (Å²) in [5.74, 6) is -3.24. The van der Waals surface area contributed by atoms with E-state index in [0.29, 0.717) is 27.4 Å². The molecule has 0 saturated carbocycles. The Kier molecular flexibility index (Phi) is 12.8. The van der Waals surface area contributed by atoms with E-state index in [1.165, 1.54) is 92.0 Å². The molecule has 0 spiro atoms. The molecule has 0 unspecified atom stereocenters. The second-order valence-electron chi connectivity index (χ2n) is 11.2. The van der Waals surface area contributed by atoms with Crippen molar-refractivity contribution >= 4 is 71.6 Å². The molecule has 0 saturated heterocycles. The number of carbonyl (C=O) groups excluding carboxylic acids is 2. The van der Waals surface area contributed by atoms with Gasteiger partial charge in [0, 0.05) is 42.4 Å². The second kappa shape index (κ2) is 17.0. The number of sulfonamides is 2. The minimum absolute atomic E-state index is 0.0246. The van der Waals surface area contributed by atoms with Crippen molar-refractivity contribution < 1.29 is 51.0 Å². The zero-order valence-corrected chi connectivity index (χ0v) is 29.5. The van der Waals surface area contributed by atoms with Gasteiger partial charge in [-0.15, -0.1) is 0 Å². The average molecular weight is 756 g/mol. The number of rotatable bonds is 18. The first-order chi connectivity index (χ1) is 24.7. The molecule has 0 fully saturated rings. The van der Waals surface area contributed by atoms with Crippen LogP contribution in [0.2, 0.25) is 0 Å². The lowest BCUT2D eigenvalue weighted by molar-refractivity contribution is -0.136. The molecule has 0 aliphatic carbocycles. The van der Waals surface area contributed by atoms with Crippen molar-refractivity contribution in [3.8, 4) is 5.75 Å². The molecular formula is C34H37N5O11S2. The Morgan fingerprint density at radius 3 is 1.60 bits per heavy atom. The van der Waals surface area contributed by atoms with Gasteiger partial charge in [0.1, 0.15) is 18.8 Å². The third-order valence-electron chi connectivity index (χ3n) is 7.62. The second-order valence-corrected chi connectivity index (χ2v) is 14.9. The van der Waals surface area contributed by atoms with E-state index in [1.807, 2.05) is 0 Å². The number of aliphatic carboxylic acids is 2. The highest BCUT2D eigenvalue weighted by molar-refractivity contribution is 7.93. The van der Waals surface area contributed by atoms with Crippen LogP contribution in [0.15, 0.2) is 94.7 Å². The molecule has 4 rings (SSSR count). The van der Waals surface area contributed by atoms with E-state index < -0.39 is 51.0 Å². The number of carboxylic acids is 2. The minimum atomic E-state index is -4.60. The predicted molar refractivity (Wildman–Crippen MR) is 192 cm³/mol. The first kappa shape index (κ1) is 39.1. The zero-order valence-electron chi connectivity index (χ0n) is 27.9. The molecule has 4 aromatic rings. The summed E-state index contributed by atoms with van der Waals surface area (Å²) >= 11 is 0. The van der Waals surface area contributed by atoms with Crippen LogP contribution in [0.3, 0.4) is 0 Å². The van der Waals surface area contributed by atoms with Gasteiger partial charge >= 0.3 is 11.9 Å². The van der Waals surface area contributed by atoms with E-state index in [-0.39, 0.29) is 62.8 Å². The number of nitrogens with one attached hydrogen (secondary N) is 2. The number of anilines is 3. The lowest BCUT2D eigenvalue weighted by Crippen LogP contribution is -2.37. The molecule has 2 amide bonds. The Labute approximate surface area is 299 Å². The Balaban J connectivity index is 1.68. The molecule has 0 atom stereocenters. The summed E-state index contributed by atoms with van der Waals surface area (Å²) in [6.07, 6.45) is 0.416. The molecule has 0 aliphatic rings. The molecule has 0 radical (unpaired) electrons. The fourth-order valence-corrected chi connectivity index (χ4v) is 8.06. The number of carboxylic acid groups (broad SMARTS) is 2. The highest BCUT2D eigenvalue weighted by atomic mass is 32.2. The minimum Gasteiger partial charge on any atom is -0.497 e. The van der Waals surface area contributed by atoms with Gasteiger partial charge < -0.3 is 31.3 Å². The summed E-state index contributed by atoms with van der Waals surface area (Å²) in [6.45, 7) is -1.39. The Hall–Kier alpha value is -5.72. The van der Waals surface area contributed by atoms with Crippen molar-refractivity contribution in [1.82, 2.24) is 5.32 Å². The molecule has 0 bridgehead atoms. The SMILES string of the molecule is COc1ccc(S(=O)(=O)N(CC(=O)O)c2ccc(N(CC(=O)O)S(=O)(=O)c3ccc(NC(=O)CCCC(=O)NCCN)cc3)c3ccccc23)cc1. The average Bonchev–Trinajstić information content (AvgIpc) is 3.11. The summed E-state index contributed by atoms with van der Waals surface area (Å²) in [5, 5.41) is 25.0. The van der Waals surface area contributed by atoms with Crippen molar-refractivity contribution in [2.24, 2.45) is 5.73 Å². The summed E-state index contributed by atoms with van der Waals surface area (Å²) in [5.41, 5.74) is 5.39. The van der Waals surface area contributed by atoms with E-state index in [2.05, 4.69) is 10.6 Å². The van der Waals surface area contributed by atoms with Crippen LogP contribution in [-0.2, 0) is 39.2 Å². The van der Waals surface area contributed by atoms with Crippen molar-refractivity contribution in [1.29, 1.82) is 0 Å². The molecule has 0 heterocycles. The summed E-state index contributed by atoms with van der Waals surface area (Å²) < 4.78 is 62.1. The van der Waals surface area contributed by atoms with Crippen molar-refractivity contribution in [3.63, 3.8) is 0 Å². The van der Waals surface area contributed by atoms with Crippen molar-refractivity contribution in [3.05, 3.63) is 84.9 Å². The van der Waals surface area contributed by atoms with Crippen LogP contribution < -0.4 is 29.7 Å². The molecule has 4 aromatic carbocycles. The van der Waals surface area contributed by atoms with E-state index in [0.717, 1.165) is 0 Å². The lowest BCUT2D eigenvalue weighted by Gasteiger charge is -2.28. The number of amides is 2. The van der Waals surface area contributed by atoms with Gasteiger partial charge in [0.15, 0.2) is 0 Å². The number of fused-ring (bicyclic) bond motifs is 1. The van der Waals surface area contributed by atoms with Crippen LogP contribution in [-0.4, -0.2) is 84.1 Å². The van der Waals surface area contributed by atoms with Gasteiger partial charge in [-0.05, 0) is 67.1 Å². The topological polar surface area (TPSA) is 243 Å². The summed E-state index contributed by atoms with van der Waals surface area (Å²) in [7, 11) is -7.70. The highest BCUT2D eigenvalue weighted by Crippen LogP contribution is 2.38. The molecule has 52 heavy (non-hydrogen) atoms. The lowest BCUT2D eigenvalue weighted by atomic mass is 10.1. The predicted octanol–water partition coefficient (Wildman–Crippen LogP) is 2.59.